The standard InChI is InChI=1S/C24H27N5OS/c1-2-19(30)12-15-6-10-20(11-7-15)31-24-28-22(17-8-9-17)27-23(29-24)26-21-13-18(14-25-21)16-4-3-5-16/h6-7,10-11,13,16-17H,2-5,8-9,12,14H2,1H3,(H,25,26,27,28,29). The molecule has 0 saturated heterocycles. The maximum absolute atomic E-state index is 11.7. The third-order valence-electron chi connectivity index (χ3n) is 6.13. The van der Waals surface area contributed by atoms with Gasteiger partial charge in [-0.25, -0.2) is 4.98 Å². The van der Waals surface area contributed by atoms with Crippen LogP contribution in [0, 0.1) is 5.92 Å². The molecule has 0 unspecified atom stereocenters. The summed E-state index contributed by atoms with van der Waals surface area (Å²) in [4.78, 5) is 31.4. The zero-order valence-electron chi connectivity index (χ0n) is 17.8. The Labute approximate surface area is 187 Å². The van der Waals surface area contributed by atoms with Gasteiger partial charge in [-0.1, -0.05) is 25.5 Å². The lowest BCUT2D eigenvalue weighted by molar-refractivity contribution is -0.118. The normalized spacial score (nSPS) is 18.4. The van der Waals surface area contributed by atoms with Crippen molar-refractivity contribution < 1.29 is 4.79 Å². The molecule has 5 rings (SSSR count). The lowest BCUT2D eigenvalue weighted by Gasteiger charge is -2.26. The van der Waals surface area contributed by atoms with Crippen molar-refractivity contribution in [2.45, 2.75) is 67.8 Å². The summed E-state index contributed by atoms with van der Waals surface area (Å²) >= 11 is 1.53. The van der Waals surface area contributed by atoms with Gasteiger partial charge < -0.3 is 5.32 Å². The molecule has 7 heteroatoms. The Morgan fingerprint density at radius 1 is 1.06 bits per heavy atom. The number of aromatic nitrogens is 3. The smallest absolute Gasteiger partial charge is 0.232 e. The minimum atomic E-state index is 0.256. The molecule has 1 aromatic carbocycles. The first-order valence-electron chi connectivity index (χ1n) is 11.2. The molecule has 1 aliphatic heterocycles. The summed E-state index contributed by atoms with van der Waals surface area (Å²) in [5.74, 6) is 3.71. The second kappa shape index (κ2) is 8.91. The zero-order valence-corrected chi connectivity index (χ0v) is 18.6. The van der Waals surface area contributed by atoms with Crippen LogP contribution in [0.4, 0.5) is 5.95 Å². The molecule has 2 aromatic rings. The molecule has 2 fully saturated rings. The number of aliphatic imine (C=N–C) groups is 1. The molecule has 1 N–H and O–H groups in total. The summed E-state index contributed by atoms with van der Waals surface area (Å²) in [6.45, 7) is 2.69. The van der Waals surface area contributed by atoms with Crippen LogP contribution < -0.4 is 5.32 Å². The molecule has 0 radical (unpaired) electrons. The van der Waals surface area contributed by atoms with E-state index in [4.69, 9.17) is 4.98 Å². The first-order valence-corrected chi connectivity index (χ1v) is 12.0. The topological polar surface area (TPSA) is 80.1 Å². The molecule has 2 heterocycles. The van der Waals surface area contributed by atoms with Crippen molar-refractivity contribution in [3.8, 4) is 0 Å². The zero-order chi connectivity index (χ0) is 21.2. The number of carbonyl (C=O) groups excluding carboxylic acids is 1. The van der Waals surface area contributed by atoms with Gasteiger partial charge in [0.15, 0.2) is 5.16 Å². The predicted molar refractivity (Wildman–Crippen MR) is 123 cm³/mol. The number of nitrogens with one attached hydrogen (secondary N) is 1. The Balaban J connectivity index is 1.30. The highest BCUT2D eigenvalue weighted by atomic mass is 32.2. The van der Waals surface area contributed by atoms with Gasteiger partial charge in [-0.3, -0.25) is 9.79 Å². The molecule has 1 aromatic heterocycles. The minimum absolute atomic E-state index is 0.256. The van der Waals surface area contributed by atoms with E-state index >= 15 is 0 Å². The van der Waals surface area contributed by atoms with E-state index in [2.05, 4.69) is 26.4 Å². The van der Waals surface area contributed by atoms with Crippen LogP contribution >= 0.6 is 11.8 Å². The Morgan fingerprint density at radius 3 is 2.55 bits per heavy atom. The van der Waals surface area contributed by atoms with Gasteiger partial charge in [0.1, 0.15) is 17.4 Å². The fourth-order valence-corrected chi connectivity index (χ4v) is 4.54. The molecule has 0 bridgehead atoms. The van der Waals surface area contributed by atoms with Crippen molar-refractivity contribution in [2.24, 2.45) is 10.9 Å². The molecule has 0 atom stereocenters. The number of nitrogens with zero attached hydrogens (tertiary/aromatic N) is 4. The highest BCUT2D eigenvalue weighted by Crippen LogP contribution is 2.39. The number of hydrogen-bond donors (Lipinski definition) is 1. The number of hydrogen-bond acceptors (Lipinski definition) is 7. The second-order valence-corrected chi connectivity index (χ2v) is 9.60. The second-order valence-electron chi connectivity index (χ2n) is 8.56. The van der Waals surface area contributed by atoms with Gasteiger partial charge >= 0.3 is 0 Å². The number of Topliss-reactive ketones (excluding diaryl/α,β-unsaturated/α-hetero) is 1. The SMILES string of the molecule is CCC(=O)Cc1ccc(Sc2nc(NC3=NCC(C4CCC4)=C3)nc(C3CC3)n2)cc1. The highest BCUT2D eigenvalue weighted by Gasteiger charge is 2.28. The van der Waals surface area contributed by atoms with E-state index in [9.17, 15) is 4.79 Å². The number of benzene rings is 1. The Kier molecular flexibility index (Phi) is 5.85. The third kappa shape index (κ3) is 5.03. The number of amidine groups is 1. The van der Waals surface area contributed by atoms with Crippen molar-refractivity contribution in [3.05, 3.63) is 47.3 Å². The summed E-state index contributed by atoms with van der Waals surface area (Å²) in [5, 5.41) is 4.01. The van der Waals surface area contributed by atoms with E-state index in [0.717, 1.165) is 41.5 Å². The van der Waals surface area contributed by atoms with Crippen molar-refractivity contribution >= 4 is 29.3 Å². The quantitative estimate of drug-likeness (QED) is 0.633. The van der Waals surface area contributed by atoms with Crippen LogP contribution in [0.5, 0.6) is 0 Å². The van der Waals surface area contributed by atoms with Gasteiger partial charge in [0, 0.05) is 23.7 Å². The van der Waals surface area contributed by atoms with E-state index in [1.807, 2.05) is 31.2 Å². The average Bonchev–Trinajstić information content (AvgIpc) is 3.49. The van der Waals surface area contributed by atoms with Gasteiger partial charge in [0.25, 0.3) is 0 Å². The molecule has 0 spiro atoms. The minimum Gasteiger partial charge on any atom is -0.309 e. The lowest BCUT2D eigenvalue weighted by atomic mass is 9.80. The van der Waals surface area contributed by atoms with Gasteiger partial charge in [0.2, 0.25) is 5.95 Å². The van der Waals surface area contributed by atoms with Gasteiger partial charge in [-0.2, -0.15) is 9.97 Å². The molecular weight excluding hydrogens is 406 g/mol. The highest BCUT2D eigenvalue weighted by molar-refractivity contribution is 7.99. The van der Waals surface area contributed by atoms with Crippen LogP contribution in [0.15, 0.2) is 51.0 Å². The number of anilines is 1. The Morgan fingerprint density at radius 2 is 1.87 bits per heavy atom. The summed E-state index contributed by atoms with van der Waals surface area (Å²) in [5.41, 5.74) is 2.47. The van der Waals surface area contributed by atoms with E-state index in [0.29, 0.717) is 35.8 Å². The number of ketones is 1. The molecule has 2 saturated carbocycles. The van der Waals surface area contributed by atoms with Crippen LogP contribution in [0.3, 0.4) is 0 Å². The summed E-state index contributed by atoms with van der Waals surface area (Å²) in [7, 11) is 0. The Hall–Kier alpha value is -2.54. The van der Waals surface area contributed by atoms with Crippen LogP contribution in [0.1, 0.15) is 62.8 Å². The molecule has 6 nitrogen and oxygen atoms in total. The summed E-state index contributed by atoms with van der Waals surface area (Å²) in [6, 6.07) is 8.09. The lowest BCUT2D eigenvalue weighted by Crippen LogP contribution is -2.15. The maximum Gasteiger partial charge on any atom is 0.232 e. The average molecular weight is 434 g/mol. The molecule has 3 aliphatic rings. The van der Waals surface area contributed by atoms with Crippen molar-refractivity contribution in [1.29, 1.82) is 0 Å². The fraction of sp³-hybridized carbons (Fsp3) is 0.458. The van der Waals surface area contributed by atoms with Crippen LogP contribution in [-0.4, -0.2) is 33.1 Å². The Bertz CT molecular complexity index is 1040. The molecule has 31 heavy (non-hydrogen) atoms. The first-order chi connectivity index (χ1) is 15.2. The van der Waals surface area contributed by atoms with E-state index in [-0.39, 0.29) is 5.78 Å². The number of carbonyl (C=O) groups is 1. The summed E-state index contributed by atoms with van der Waals surface area (Å²) in [6.07, 6.45) is 9.43. The van der Waals surface area contributed by atoms with E-state index in [1.54, 1.807) is 0 Å². The van der Waals surface area contributed by atoms with Crippen molar-refractivity contribution in [2.75, 3.05) is 11.9 Å². The van der Waals surface area contributed by atoms with Gasteiger partial charge in [-0.15, -0.1) is 0 Å². The van der Waals surface area contributed by atoms with Gasteiger partial charge in [-0.05, 0) is 72.7 Å². The molecule has 160 valence electrons. The van der Waals surface area contributed by atoms with Crippen LogP contribution in [0.2, 0.25) is 0 Å². The number of rotatable bonds is 8. The third-order valence-corrected chi connectivity index (χ3v) is 7.00. The van der Waals surface area contributed by atoms with Gasteiger partial charge in [0.05, 0.1) is 6.54 Å². The molecule has 0 amide bonds. The van der Waals surface area contributed by atoms with E-state index < -0.39 is 0 Å². The summed E-state index contributed by atoms with van der Waals surface area (Å²) < 4.78 is 0. The molecular formula is C24H27N5OS. The molecule has 2 aliphatic carbocycles. The van der Waals surface area contributed by atoms with Crippen LogP contribution in [0.25, 0.3) is 0 Å². The van der Waals surface area contributed by atoms with Crippen molar-refractivity contribution in [1.82, 2.24) is 15.0 Å². The first kappa shape index (κ1) is 20.4. The monoisotopic (exact) mass is 433 g/mol. The van der Waals surface area contributed by atoms with Crippen LogP contribution in [-0.2, 0) is 11.2 Å². The predicted octanol–water partition coefficient (Wildman–Crippen LogP) is 4.97. The largest absolute Gasteiger partial charge is 0.309 e. The van der Waals surface area contributed by atoms with E-state index in [1.165, 1.54) is 36.6 Å². The fourth-order valence-electron chi connectivity index (χ4n) is 3.79. The maximum atomic E-state index is 11.7. The van der Waals surface area contributed by atoms with Crippen molar-refractivity contribution in [3.63, 3.8) is 0 Å².